The highest BCUT2D eigenvalue weighted by molar-refractivity contribution is 5.94. The first-order chi connectivity index (χ1) is 13.3. The quantitative estimate of drug-likeness (QED) is 0.673. The molecular formula is C19H21N5O4. The van der Waals surface area contributed by atoms with Crippen molar-refractivity contribution in [3.8, 4) is 0 Å². The number of carboxylic acid groups (broad SMARTS) is 1. The number of imidazole rings is 1. The molecule has 0 aliphatic carbocycles. The monoisotopic (exact) mass is 383 g/mol. The van der Waals surface area contributed by atoms with Crippen LogP contribution >= 0.6 is 0 Å². The Balaban J connectivity index is 2.11. The maximum Gasteiger partial charge on any atom is 0.337 e. The van der Waals surface area contributed by atoms with Crippen molar-refractivity contribution >= 4 is 28.9 Å². The molecule has 0 aromatic carbocycles. The predicted octanol–water partition coefficient (Wildman–Crippen LogP) is 2.15. The normalized spacial score (nSPS) is 12.3. The second-order valence-corrected chi connectivity index (χ2v) is 6.91. The zero-order valence-electron chi connectivity index (χ0n) is 15.8. The van der Waals surface area contributed by atoms with Crippen molar-refractivity contribution in [2.45, 2.75) is 33.4 Å². The van der Waals surface area contributed by atoms with Gasteiger partial charge in [0.25, 0.3) is 0 Å². The van der Waals surface area contributed by atoms with Gasteiger partial charge in [-0.2, -0.15) is 0 Å². The smallest absolute Gasteiger partial charge is 0.337 e. The van der Waals surface area contributed by atoms with Gasteiger partial charge in [0.05, 0.1) is 11.1 Å². The Labute approximate surface area is 160 Å². The van der Waals surface area contributed by atoms with Gasteiger partial charge in [0.15, 0.2) is 5.65 Å². The van der Waals surface area contributed by atoms with Crippen molar-refractivity contribution in [1.82, 2.24) is 19.1 Å². The fourth-order valence-corrected chi connectivity index (χ4v) is 2.96. The highest BCUT2D eigenvalue weighted by Gasteiger charge is 2.25. The molecule has 1 amide bonds. The summed E-state index contributed by atoms with van der Waals surface area (Å²) in [6, 6.07) is 5.57. The molecule has 0 bridgehead atoms. The molecule has 28 heavy (non-hydrogen) atoms. The fourth-order valence-electron chi connectivity index (χ4n) is 2.96. The van der Waals surface area contributed by atoms with Gasteiger partial charge in [0.1, 0.15) is 11.9 Å². The molecular weight excluding hydrogens is 362 g/mol. The van der Waals surface area contributed by atoms with Crippen LogP contribution in [-0.2, 0) is 11.3 Å². The Morgan fingerprint density at radius 2 is 1.96 bits per heavy atom. The van der Waals surface area contributed by atoms with E-state index in [4.69, 9.17) is 0 Å². The van der Waals surface area contributed by atoms with Crippen LogP contribution in [-0.4, -0.2) is 36.1 Å². The van der Waals surface area contributed by atoms with Gasteiger partial charge in [-0.05, 0) is 31.0 Å². The number of carbonyl (C=O) groups is 2. The van der Waals surface area contributed by atoms with Crippen molar-refractivity contribution in [1.29, 1.82) is 0 Å². The molecule has 0 radical (unpaired) electrons. The van der Waals surface area contributed by atoms with E-state index in [1.807, 2.05) is 13.8 Å². The van der Waals surface area contributed by atoms with E-state index in [9.17, 15) is 19.5 Å². The van der Waals surface area contributed by atoms with Crippen LogP contribution in [0.2, 0.25) is 0 Å². The molecule has 3 aromatic rings. The summed E-state index contributed by atoms with van der Waals surface area (Å²) in [6.45, 7) is 5.89. The molecule has 0 saturated heterocycles. The fraction of sp³-hybridized carbons (Fsp3) is 0.316. The summed E-state index contributed by atoms with van der Waals surface area (Å²) in [6.07, 6.45) is 2.76. The third-order valence-electron chi connectivity index (χ3n) is 4.28. The molecule has 3 rings (SSSR count). The van der Waals surface area contributed by atoms with Crippen LogP contribution < -0.4 is 11.0 Å². The van der Waals surface area contributed by atoms with E-state index in [0.717, 1.165) is 0 Å². The van der Waals surface area contributed by atoms with Crippen LogP contribution in [0.4, 0.5) is 5.82 Å². The van der Waals surface area contributed by atoms with Gasteiger partial charge in [-0.25, -0.2) is 19.6 Å². The van der Waals surface area contributed by atoms with E-state index in [0.29, 0.717) is 23.5 Å². The van der Waals surface area contributed by atoms with Crippen LogP contribution in [0, 0.1) is 5.92 Å². The lowest BCUT2D eigenvalue weighted by molar-refractivity contribution is -0.118. The maximum absolute atomic E-state index is 13.0. The van der Waals surface area contributed by atoms with Gasteiger partial charge < -0.3 is 10.4 Å². The Bertz CT molecular complexity index is 1080. The number of hydrogen-bond donors (Lipinski definition) is 2. The lowest BCUT2D eigenvalue weighted by Gasteiger charge is -2.13. The number of aromatic nitrogens is 4. The molecule has 3 heterocycles. The molecule has 0 spiro atoms. The summed E-state index contributed by atoms with van der Waals surface area (Å²) in [5.41, 5.74) is 0.179. The SMILES string of the molecule is CC(C)Cn1c(=O)n([C@@H](C)C(=O)Nc2ccccn2)c2cc(C(=O)O)cnc21. The second-order valence-electron chi connectivity index (χ2n) is 6.91. The lowest BCUT2D eigenvalue weighted by Crippen LogP contribution is -2.33. The van der Waals surface area contributed by atoms with E-state index < -0.39 is 23.6 Å². The average molecular weight is 383 g/mol. The third kappa shape index (κ3) is 3.64. The lowest BCUT2D eigenvalue weighted by atomic mass is 10.2. The number of aromatic carboxylic acids is 1. The summed E-state index contributed by atoms with van der Waals surface area (Å²) in [5.74, 6) is -1.07. The first-order valence-corrected chi connectivity index (χ1v) is 8.85. The summed E-state index contributed by atoms with van der Waals surface area (Å²) >= 11 is 0. The minimum atomic E-state index is -1.16. The number of fused-ring (bicyclic) bond motifs is 1. The summed E-state index contributed by atoms with van der Waals surface area (Å²) in [7, 11) is 0. The van der Waals surface area contributed by atoms with Crippen LogP contribution in [0.3, 0.4) is 0 Å². The van der Waals surface area contributed by atoms with Crippen molar-refractivity contribution in [3.05, 3.63) is 52.7 Å². The van der Waals surface area contributed by atoms with E-state index in [-0.39, 0.29) is 11.5 Å². The van der Waals surface area contributed by atoms with Gasteiger partial charge in [0.2, 0.25) is 5.91 Å². The van der Waals surface area contributed by atoms with Crippen molar-refractivity contribution in [2.24, 2.45) is 5.92 Å². The molecule has 0 aliphatic rings. The largest absolute Gasteiger partial charge is 0.478 e. The highest BCUT2D eigenvalue weighted by Crippen LogP contribution is 2.19. The zero-order valence-corrected chi connectivity index (χ0v) is 15.8. The Hall–Kier alpha value is -3.49. The first-order valence-electron chi connectivity index (χ1n) is 8.85. The minimum Gasteiger partial charge on any atom is -0.478 e. The van der Waals surface area contributed by atoms with E-state index >= 15 is 0 Å². The molecule has 2 N–H and O–H groups in total. The van der Waals surface area contributed by atoms with Gasteiger partial charge in [-0.15, -0.1) is 0 Å². The number of nitrogens with one attached hydrogen (secondary N) is 1. The number of anilines is 1. The Kier molecular flexibility index (Phi) is 5.25. The molecule has 0 aliphatic heterocycles. The van der Waals surface area contributed by atoms with E-state index in [1.165, 1.54) is 21.4 Å². The molecule has 146 valence electrons. The molecule has 9 heteroatoms. The number of carboxylic acids is 1. The minimum absolute atomic E-state index is 0.0553. The molecule has 0 unspecified atom stereocenters. The molecule has 0 fully saturated rings. The van der Waals surface area contributed by atoms with Gasteiger partial charge in [-0.3, -0.25) is 13.9 Å². The zero-order chi connectivity index (χ0) is 20.4. The summed E-state index contributed by atoms with van der Waals surface area (Å²) in [5, 5.41) is 11.9. The molecule has 0 saturated carbocycles. The number of rotatable bonds is 6. The molecule has 9 nitrogen and oxygen atoms in total. The second kappa shape index (κ2) is 7.63. The number of hydrogen-bond acceptors (Lipinski definition) is 5. The van der Waals surface area contributed by atoms with Gasteiger partial charge in [0, 0.05) is 18.9 Å². The number of pyridine rings is 2. The van der Waals surface area contributed by atoms with E-state index in [2.05, 4.69) is 15.3 Å². The molecule has 3 aromatic heterocycles. The number of amides is 1. The maximum atomic E-state index is 13.0. The highest BCUT2D eigenvalue weighted by atomic mass is 16.4. The van der Waals surface area contributed by atoms with Crippen LogP contribution in [0.1, 0.15) is 37.2 Å². The van der Waals surface area contributed by atoms with Crippen molar-refractivity contribution < 1.29 is 14.7 Å². The van der Waals surface area contributed by atoms with Crippen molar-refractivity contribution in [2.75, 3.05) is 5.32 Å². The van der Waals surface area contributed by atoms with Crippen LogP contribution in [0.5, 0.6) is 0 Å². The van der Waals surface area contributed by atoms with E-state index in [1.54, 1.807) is 31.3 Å². The average Bonchev–Trinajstić information content (AvgIpc) is 2.92. The topological polar surface area (TPSA) is 119 Å². The Morgan fingerprint density at radius 1 is 1.21 bits per heavy atom. The number of carbonyl (C=O) groups excluding carboxylic acids is 1. The molecule has 1 atom stereocenters. The standard InChI is InChI=1S/C19H21N5O4/c1-11(2)10-23-16-14(8-13(9-21-16)18(26)27)24(19(23)28)12(3)17(25)22-15-6-4-5-7-20-15/h4-9,11-12H,10H2,1-3H3,(H,26,27)(H,20,22,25)/t12-/m0/s1. The number of nitrogens with zero attached hydrogens (tertiary/aromatic N) is 4. The van der Waals surface area contributed by atoms with Crippen LogP contribution in [0.25, 0.3) is 11.2 Å². The summed E-state index contributed by atoms with van der Waals surface area (Å²) in [4.78, 5) is 45.3. The third-order valence-corrected chi connectivity index (χ3v) is 4.28. The van der Waals surface area contributed by atoms with Gasteiger partial charge >= 0.3 is 11.7 Å². The van der Waals surface area contributed by atoms with Gasteiger partial charge in [-0.1, -0.05) is 19.9 Å². The Morgan fingerprint density at radius 3 is 2.57 bits per heavy atom. The van der Waals surface area contributed by atoms with Crippen LogP contribution in [0.15, 0.2) is 41.5 Å². The first kappa shape index (κ1) is 19.3. The summed E-state index contributed by atoms with van der Waals surface area (Å²) < 4.78 is 2.74. The van der Waals surface area contributed by atoms with Crippen molar-refractivity contribution in [3.63, 3.8) is 0 Å². The predicted molar refractivity (Wildman–Crippen MR) is 103 cm³/mol.